The van der Waals surface area contributed by atoms with Gasteiger partial charge in [-0.2, -0.15) is 5.10 Å². The summed E-state index contributed by atoms with van der Waals surface area (Å²) in [5, 5.41) is 14.4. The highest BCUT2D eigenvalue weighted by molar-refractivity contribution is 5.87. The van der Waals surface area contributed by atoms with Crippen LogP contribution in [0.15, 0.2) is 59.7 Å². The number of rotatable bonds is 6. The van der Waals surface area contributed by atoms with E-state index in [0.29, 0.717) is 18.5 Å². The average Bonchev–Trinajstić information content (AvgIpc) is 3.03. The third kappa shape index (κ3) is 4.75. The number of hydrazone groups is 1. The van der Waals surface area contributed by atoms with Crippen LogP contribution in [-0.4, -0.2) is 40.9 Å². The number of non-ortho nitro benzene ring substituents is 1. The summed E-state index contributed by atoms with van der Waals surface area (Å²) in [4.78, 5) is 35.8. The number of nitro groups is 1. The SMILES string of the molecule is O=C(CN1C[C@H](c2ccccc2)CC1=O)N/N=C\c1ccc([N+](=O)[O-])cc1. The molecule has 0 aromatic heterocycles. The fraction of sp³-hybridized carbons (Fsp3) is 0.211. The van der Waals surface area contributed by atoms with E-state index in [-0.39, 0.29) is 24.1 Å². The first kappa shape index (κ1) is 18.2. The van der Waals surface area contributed by atoms with Gasteiger partial charge in [0.25, 0.3) is 11.6 Å². The molecule has 2 amide bonds. The second kappa shape index (κ2) is 8.22. The van der Waals surface area contributed by atoms with Crippen molar-refractivity contribution in [2.24, 2.45) is 5.10 Å². The van der Waals surface area contributed by atoms with E-state index in [1.165, 1.54) is 35.4 Å². The molecule has 1 atom stereocenters. The summed E-state index contributed by atoms with van der Waals surface area (Å²) in [6, 6.07) is 15.5. The normalized spacial score (nSPS) is 16.7. The van der Waals surface area contributed by atoms with Gasteiger partial charge in [-0.15, -0.1) is 0 Å². The first-order valence-corrected chi connectivity index (χ1v) is 8.42. The Morgan fingerprint density at radius 3 is 2.59 bits per heavy atom. The van der Waals surface area contributed by atoms with Crippen LogP contribution in [0.1, 0.15) is 23.5 Å². The Kier molecular flexibility index (Phi) is 5.55. The molecule has 27 heavy (non-hydrogen) atoms. The second-order valence-corrected chi connectivity index (χ2v) is 6.23. The molecular weight excluding hydrogens is 348 g/mol. The van der Waals surface area contributed by atoms with Crippen LogP contribution in [0.2, 0.25) is 0 Å². The first-order valence-electron chi connectivity index (χ1n) is 8.42. The van der Waals surface area contributed by atoms with E-state index in [0.717, 1.165) is 5.56 Å². The van der Waals surface area contributed by atoms with Crippen molar-refractivity contribution in [3.05, 3.63) is 75.8 Å². The number of benzene rings is 2. The molecule has 3 rings (SSSR count). The molecule has 0 unspecified atom stereocenters. The van der Waals surface area contributed by atoms with E-state index in [1.807, 2.05) is 30.3 Å². The van der Waals surface area contributed by atoms with E-state index in [1.54, 1.807) is 0 Å². The lowest BCUT2D eigenvalue weighted by atomic mass is 9.99. The highest BCUT2D eigenvalue weighted by Crippen LogP contribution is 2.27. The molecule has 0 aliphatic carbocycles. The number of carbonyl (C=O) groups excluding carboxylic acids is 2. The molecule has 0 spiro atoms. The second-order valence-electron chi connectivity index (χ2n) is 6.23. The third-order valence-corrected chi connectivity index (χ3v) is 4.33. The summed E-state index contributed by atoms with van der Waals surface area (Å²) in [6.45, 7) is 0.447. The van der Waals surface area contributed by atoms with Crippen LogP contribution in [0, 0.1) is 10.1 Å². The van der Waals surface area contributed by atoms with Gasteiger partial charge in [-0.1, -0.05) is 30.3 Å². The van der Waals surface area contributed by atoms with Crippen LogP contribution in [0.3, 0.4) is 0 Å². The summed E-state index contributed by atoms with van der Waals surface area (Å²) in [7, 11) is 0. The molecule has 8 heteroatoms. The van der Waals surface area contributed by atoms with Gasteiger partial charge in [-0.3, -0.25) is 19.7 Å². The summed E-state index contributed by atoms with van der Waals surface area (Å²) >= 11 is 0. The summed E-state index contributed by atoms with van der Waals surface area (Å²) < 4.78 is 0. The van der Waals surface area contributed by atoms with Crippen LogP contribution in [0.4, 0.5) is 5.69 Å². The average molecular weight is 366 g/mol. The van der Waals surface area contributed by atoms with Gasteiger partial charge in [-0.25, -0.2) is 5.43 Å². The highest BCUT2D eigenvalue weighted by Gasteiger charge is 2.31. The number of amides is 2. The van der Waals surface area contributed by atoms with Crippen molar-refractivity contribution >= 4 is 23.7 Å². The number of hydrogen-bond acceptors (Lipinski definition) is 5. The van der Waals surface area contributed by atoms with Crippen molar-refractivity contribution in [1.29, 1.82) is 0 Å². The van der Waals surface area contributed by atoms with Crippen LogP contribution in [0.25, 0.3) is 0 Å². The van der Waals surface area contributed by atoms with E-state index in [4.69, 9.17) is 0 Å². The van der Waals surface area contributed by atoms with E-state index in [9.17, 15) is 19.7 Å². The van der Waals surface area contributed by atoms with Gasteiger partial charge in [0.2, 0.25) is 5.91 Å². The number of nitrogens with one attached hydrogen (secondary N) is 1. The summed E-state index contributed by atoms with van der Waals surface area (Å²) in [5.74, 6) is -0.358. The summed E-state index contributed by atoms with van der Waals surface area (Å²) in [6.07, 6.45) is 1.78. The quantitative estimate of drug-likeness (QED) is 0.480. The van der Waals surface area contributed by atoms with Gasteiger partial charge in [0.1, 0.15) is 6.54 Å². The molecule has 0 saturated carbocycles. The zero-order valence-electron chi connectivity index (χ0n) is 14.4. The Bertz CT molecular complexity index is 865. The van der Waals surface area contributed by atoms with Gasteiger partial charge in [0, 0.05) is 31.0 Å². The number of nitrogens with zero attached hydrogens (tertiary/aromatic N) is 3. The van der Waals surface area contributed by atoms with Gasteiger partial charge in [-0.05, 0) is 23.3 Å². The Hall–Kier alpha value is -3.55. The lowest BCUT2D eigenvalue weighted by Crippen LogP contribution is -2.36. The molecule has 1 fully saturated rings. The maximum Gasteiger partial charge on any atom is 0.269 e. The standard InChI is InChI=1S/C19H18N4O4/c24-18(21-20-11-14-6-8-17(9-7-14)23(26)27)13-22-12-16(10-19(22)25)15-4-2-1-3-5-15/h1-9,11,16H,10,12-13H2,(H,21,24)/b20-11-/t16-/m1/s1. The molecule has 138 valence electrons. The molecule has 0 bridgehead atoms. The molecule has 8 nitrogen and oxygen atoms in total. The van der Waals surface area contributed by atoms with Crippen LogP contribution >= 0.6 is 0 Å². The minimum absolute atomic E-state index is 0.0169. The fourth-order valence-electron chi connectivity index (χ4n) is 2.94. The Labute approximate surface area is 155 Å². The number of nitro benzene ring substituents is 1. The first-order chi connectivity index (χ1) is 13.0. The van der Waals surface area contributed by atoms with E-state index >= 15 is 0 Å². The molecule has 0 radical (unpaired) electrons. The van der Waals surface area contributed by atoms with Crippen molar-refractivity contribution in [3.8, 4) is 0 Å². The lowest BCUT2D eigenvalue weighted by Gasteiger charge is -2.15. The molecule has 2 aromatic carbocycles. The third-order valence-electron chi connectivity index (χ3n) is 4.33. The van der Waals surface area contributed by atoms with Crippen molar-refractivity contribution in [3.63, 3.8) is 0 Å². The zero-order valence-corrected chi connectivity index (χ0v) is 14.4. The Morgan fingerprint density at radius 2 is 1.93 bits per heavy atom. The van der Waals surface area contributed by atoms with Crippen molar-refractivity contribution in [1.82, 2.24) is 10.3 Å². The monoisotopic (exact) mass is 366 g/mol. The van der Waals surface area contributed by atoms with E-state index < -0.39 is 10.8 Å². The maximum absolute atomic E-state index is 12.1. The fourth-order valence-corrected chi connectivity index (χ4v) is 2.94. The van der Waals surface area contributed by atoms with Gasteiger partial charge >= 0.3 is 0 Å². The Balaban J connectivity index is 1.50. The topological polar surface area (TPSA) is 105 Å². The zero-order chi connectivity index (χ0) is 19.2. The maximum atomic E-state index is 12.1. The minimum Gasteiger partial charge on any atom is -0.333 e. The number of likely N-dealkylation sites (tertiary alicyclic amines) is 1. The molecule has 1 heterocycles. The van der Waals surface area contributed by atoms with Crippen LogP contribution < -0.4 is 5.43 Å². The van der Waals surface area contributed by atoms with Gasteiger partial charge in [0.15, 0.2) is 0 Å². The highest BCUT2D eigenvalue weighted by atomic mass is 16.6. The summed E-state index contributed by atoms with van der Waals surface area (Å²) in [5.41, 5.74) is 4.06. The van der Waals surface area contributed by atoms with Crippen molar-refractivity contribution in [2.45, 2.75) is 12.3 Å². The predicted molar refractivity (Wildman–Crippen MR) is 99.2 cm³/mol. The van der Waals surface area contributed by atoms with Gasteiger partial charge < -0.3 is 4.90 Å². The molecule has 1 aliphatic heterocycles. The molecule has 1 saturated heterocycles. The van der Waals surface area contributed by atoms with Crippen molar-refractivity contribution < 1.29 is 14.5 Å². The smallest absolute Gasteiger partial charge is 0.269 e. The van der Waals surface area contributed by atoms with Crippen LogP contribution in [0.5, 0.6) is 0 Å². The van der Waals surface area contributed by atoms with Crippen molar-refractivity contribution in [2.75, 3.05) is 13.1 Å². The minimum atomic E-state index is -0.488. The number of hydrogen-bond donors (Lipinski definition) is 1. The molecule has 1 aliphatic rings. The predicted octanol–water partition coefficient (Wildman–Crippen LogP) is 2.06. The molecular formula is C19H18N4O4. The van der Waals surface area contributed by atoms with Crippen LogP contribution in [-0.2, 0) is 9.59 Å². The number of carbonyl (C=O) groups is 2. The lowest BCUT2D eigenvalue weighted by molar-refractivity contribution is -0.384. The largest absolute Gasteiger partial charge is 0.333 e. The van der Waals surface area contributed by atoms with E-state index in [2.05, 4.69) is 10.5 Å². The molecule has 2 aromatic rings. The molecule has 1 N–H and O–H groups in total. The Morgan fingerprint density at radius 1 is 1.22 bits per heavy atom. The van der Waals surface area contributed by atoms with Gasteiger partial charge in [0.05, 0.1) is 11.1 Å².